The third-order valence-electron chi connectivity index (χ3n) is 5.84. The monoisotopic (exact) mass is 282 g/mol. The molecular weight excluding hydrogens is 244 g/mol. The fourth-order valence-corrected chi connectivity index (χ4v) is 3.73. The zero-order valence-electron chi connectivity index (χ0n) is 14.9. The number of piperazine rings is 1. The minimum Gasteiger partial charge on any atom is -0.308 e. The highest BCUT2D eigenvalue weighted by molar-refractivity contribution is 5.03. The predicted molar refractivity (Wildman–Crippen MR) is 90.3 cm³/mol. The molecule has 20 heavy (non-hydrogen) atoms. The molecule has 1 heterocycles. The fraction of sp³-hybridized carbons (Fsp3) is 1.00. The van der Waals surface area contributed by atoms with E-state index in [2.05, 4.69) is 51.8 Å². The highest BCUT2D eigenvalue weighted by Crippen LogP contribution is 2.33. The summed E-state index contributed by atoms with van der Waals surface area (Å²) < 4.78 is 0. The Bertz CT molecular complexity index is 265. The lowest BCUT2D eigenvalue weighted by molar-refractivity contribution is -0.00622. The van der Waals surface area contributed by atoms with Gasteiger partial charge in [0.05, 0.1) is 0 Å². The molecule has 0 aliphatic carbocycles. The van der Waals surface area contributed by atoms with Crippen LogP contribution in [0.1, 0.15) is 80.1 Å². The molecule has 2 nitrogen and oxygen atoms in total. The van der Waals surface area contributed by atoms with Crippen molar-refractivity contribution in [3.63, 3.8) is 0 Å². The molecule has 1 aliphatic rings. The fourth-order valence-electron chi connectivity index (χ4n) is 3.73. The molecule has 0 radical (unpaired) electrons. The minimum atomic E-state index is 0.353. The van der Waals surface area contributed by atoms with Crippen molar-refractivity contribution in [3.05, 3.63) is 0 Å². The minimum absolute atomic E-state index is 0.353. The van der Waals surface area contributed by atoms with Crippen molar-refractivity contribution in [1.29, 1.82) is 0 Å². The summed E-state index contributed by atoms with van der Waals surface area (Å²) in [6.07, 6.45) is 7.73. The standard InChI is InChI=1S/C18H38N2/c1-7-17(8-2)15-20(13-11-12-16(5)6)18(9-3,10-4)14-19-17/h16,19H,7-15H2,1-6H3. The summed E-state index contributed by atoms with van der Waals surface area (Å²) >= 11 is 0. The van der Waals surface area contributed by atoms with Gasteiger partial charge in [0.15, 0.2) is 0 Å². The molecule has 0 aromatic carbocycles. The molecule has 1 N–H and O–H groups in total. The number of nitrogens with one attached hydrogen (secondary N) is 1. The quantitative estimate of drug-likeness (QED) is 0.708. The predicted octanol–water partition coefficient (Wildman–Crippen LogP) is 4.45. The maximum atomic E-state index is 3.91. The number of hydrogen-bond acceptors (Lipinski definition) is 2. The van der Waals surface area contributed by atoms with Gasteiger partial charge in [0.1, 0.15) is 0 Å². The van der Waals surface area contributed by atoms with Crippen molar-refractivity contribution in [3.8, 4) is 0 Å². The van der Waals surface area contributed by atoms with Gasteiger partial charge in [-0.05, 0) is 51.0 Å². The van der Waals surface area contributed by atoms with E-state index in [-0.39, 0.29) is 0 Å². The molecular formula is C18H38N2. The van der Waals surface area contributed by atoms with Gasteiger partial charge in [0, 0.05) is 24.2 Å². The van der Waals surface area contributed by atoms with E-state index in [0.29, 0.717) is 11.1 Å². The molecule has 120 valence electrons. The van der Waals surface area contributed by atoms with Crippen LogP contribution >= 0.6 is 0 Å². The van der Waals surface area contributed by atoms with E-state index in [0.717, 1.165) is 5.92 Å². The zero-order valence-corrected chi connectivity index (χ0v) is 14.9. The maximum Gasteiger partial charge on any atom is 0.0329 e. The first-order chi connectivity index (χ1) is 9.47. The summed E-state index contributed by atoms with van der Waals surface area (Å²) in [6, 6.07) is 0. The molecule has 0 aromatic heterocycles. The Morgan fingerprint density at radius 1 is 1.00 bits per heavy atom. The van der Waals surface area contributed by atoms with Gasteiger partial charge in [-0.1, -0.05) is 41.5 Å². The lowest BCUT2D eigenvalue weighted by atomic mass is 9.80. The topological polar surface area (TPSA) is 15.3 Å². The molecule has 1 rings (SSSR count). The molecule has 0 amide bonds. The largest absolute Gasteiger partial charge is 0.308 e. The third-order valence-corrected chi connectivity index (χ3v) is 5.84. The van der Waals surface area contributed by atoms with Gasteiger partial charge in [-0.3, -0.25) is 4.90 Å². The van der Waals surface area contributed by atoms with Crippen molar-refractivity contribution in [1.82, 2.24) is 10.2 Å². The molecule has 1 fully saturated rings. The molecule has 2 heteroatoms. The van der Waals surface area contributed by atoms with Gasteiger partial charge in [0.25, 0.3) is 0 Å². The first-order valence-corrected chi connectivity index (χ1v) is 8.97. The Labute approximate surface area is 127 Å². The van der Waals surface area contributed by atoms with E-state index in [1.165, 1.54) is 58.2 Å². The molecule has 0 spiro atoms. The smallest absolute Gasteiger partial charge is 0.0329 e. The normalized spacial score (nSPS) is 22.4. The average molecular weight is 283 g/mol. The Balaban J connectivity index is 2.77. The van der Waals surface area contributed by atoms with E-state index in [9.17, 15) is 0 Å². The van der Waals surface area contributed by atoms with E-state index >= 15 is 0 Å². The SMILES string of the molecule is CCC1(CC)CN(CCCC(C)C)C(CC)(CC)CN1. The van der Waals surface area contributed by atoms with Gasteiger partial charge in [0.2, 0.25) is 0 Å². The van der Waals surface area contributed by atoms with E-state index in [1.807, 2.05) is 0 Å². The molecule has 0 atom stereocenters. The Morgan fingerprint density at radius 2 is 1.60 bits per heavy atom. The van der Waals surface area contributed by atoms with E-state index < -0.39 is 0 Å². The summed E-state index contributed by atoms with van der Waals surface area (Å²) in [5.41, 5.74) is 0.747. The summed E-state index contributed by atoms with van der Waals surface area (Å²) in [5.74, 6) is 0.831. The number of nitrogens with zero attached hydrogens (tertiary/aromatic N) is 1. The average Bonchev–Trinajstić information content (AvgIpc) is 2.47. The van der Waals surface area contributed by atoms with Gasteiger partial charge in [-0.25, -0.2) is 0 Å². The maximum absolute atomic E-state index is 3.91. The van der Waals surface area contributed by atoms with Crippen molar-refractivity contribution >= 4 is 0 Å². The van der Waals surface area contributed by atoms with Crippen LogP contribution < -0.4 is 5.32 Å². The number of rotatable bonds is 8. The molecule has 1 aliphatic heterocycles. The van der Waals surface area contributed by atoms with Crippen LogP contribution in [0.3, 0.4) is 0 Å². The van der Waals surface area contributed by atoms with Crippen molar-refractivity contribution < 1.29 is 0 Å². The van der Waals surface area contributed by atoms with E-state index in [1.54, 1.807) is 0 Å². The molecule has 0 unspecified atom stereocenters. The Hall–Kier alpha value is -0.0800. The molecule has 1 saturated heterocycles. The van der Waals surface area contributed by atoms with E-state index in [4.69, 9.17) is 0 Å². The molecule has 0 aromatic rings. The molecule has 0 saturated carbocycles. The highest BCUT2D eigenvalue weighted by atomic mass is 15.3. The summed E-state index contributed by atoms with van der Waals surface area (Å²) in [7, 11) is 0. The Kier molecular flexibility index (Phi) is 7.00. The van der Waals surface area contributed by atoms with Crippen LogP contribution in [0.15, 0.2) is 0 Å². The number of hydrogen-bond donors (Lipinski definition) is 1. The van der Waals surface area contributed by atoms with Crippen molar-refractivity contribution in [2.75, 3.05) is 19.6 Å². The summed E-state index contributed by atoms with van der Waals surface area (Å²) in [4.78, 5) is 2.83. The van der Waals surface area contributed by atoms with Crippen molar-refractivity contribution in [2.24, 2.45) is 5.92 Å². The lowest BCUT2D eigenvalue weighted by Crippen LogP contribution is -2.69. The third kappa shape index (κ3) is 3.98. The van der Waals surface area contributed by atoms with Crippen molar-refractivity contribution in [2.45, 2.75) is 91.1 Å². The van der Waals surface area contributed by atoms with Crippen LogP contribution in [-0.4, -0.2) is 35.6 Å². The summed E-state index contributed by atoms with van der Waals surface area (Å²) in [6.45, 7) is 17.8. The first kappa shape index (κ1) is 18.0. The second-order valence-corrected chi connectivity index (χ2v) is 7.23. The van der Waals surface area contributed by atoms with Gasteiger partial charge in [-0.15, -0.1) is 0 Å². The zero-order chi connectivity index (χ0) is 15.2. The van der Waals surface area contributed by atoms with Crippen LogP contribution in [0, 0.1) is 5.92 Å². The van der Waals surface area contributed by atoms with Crippen LogP contribution in [0.25, 0.3) is 0 Å². The highest BCUT2D eigenvalue weighted by Gasteiger charge is 2.43. The second-order valence-electron chi connectivity index (χ2n) is 7.23. The van der Waals surface area contributed by atoms with Crippen LogP contribution in [0.4, 0.5) is 0 Å². The molecule has 0 bridgehead atoms. The van der Waals surface area contributed by atoms with Crippen LogP contribution in [0.2, 0.25) is 0 Å². The summed E-state index contributed by atoms with van der Waals surface area (Å²) in [5, 5.41) is 3.91. The lowest BCUT2D eigenvalue weighted by Gasteiger charge is -2.54. The first-order valence-electron chi connectivity index (χ1n) is 8.97. The van der Waals surface area contributed by atoms with Crippen LogP contribution in [0.5, 0.6) is 0 Å². The van der Waals surface area contributed by atoms with Gasteiger partial charge >= 0.3 is 0 Å². The van der Waals surface area contributed by atoms with Crippen LogP contribution in [-0.2, 0) is 0 Å². The second kappa shape index (κ2) is 7.79. The van der Waals surface area contributed by atoms with Gasteiger partial charge < -0.3 is 5.32 Å². The van der Waals surface area contributed by atoms with Gasteiger partial charge in [-0.2, -0.15) is 0 Å². The Morgan fingerprint density at radius 3 is 2.05 bits per heavy atom.